The fourth-order valence-corrected chi connectivity index (χ4v) is 4.60. The molecular formula is C18H20Cl2N2O3S. The van der Waals surface area contributed by atoms with Crippen molar-refractivity contribution in [3.8, 4) is 0 Å². The van der Waals surface area contributed by atoms with E-state index < -0.39 is 15.9 Å². The van der Waals surface area contributed by atoms with E-state index in [1.807, 2.05) is 6.92 Å². The van der Waals surface area contributed by atoms with E-state index in [1.165, 1.54) is 22.5 Å². The van der Waals surface area contributed by atoms with Gasteiger partial charge in [0.25, 0.3) is 5.91 Å². The van der Waals surface area contributed by atoms with Gasteiger partial charge >= 0.3 is 0 Å². The first-order chi connectivity index (χ1) is 12.2. The van der Waals surface area contributed by atoms with Gasteiger partial charge in [0.1, 0.15) is 4.90 Å². The van der Waals surface area contributed by atoms with Crippen LogP contribution in [0.3, 0.4) is 0 Å². The van der Waals surface area contributed by atoms with Gasteiger partial charge in [-0.15, -0.1) is 0 Å². The molecule has 26 heavy (non-hydrogen) atoms. The standard InChI is InChI=1S/C18H20Cl2N2O3S/c1-4-22(5-2)26(24,25)17-10-13(7-9-15(17)20)18(23)21-16-11-14(19)8-6-12(16)3/h6-11H,4-5H2,1-3H3,(H,21,23). The van der Waals surface area contributed by atoms with E-state index >= 15 is 0 Å². The van der Waals surface area contributed by atoms with Crippen molar-refractivity contribution >= 4 is 44.8 Å². The number of sulfonamides is 1. The summed E-state index contributed by atoms with van der Waals surface area (Å²) in [6, 6.07) is 9.35. The quantitative estimate of drug-likeness (QED) is 0.751. The molecule has 0 fully saturated rings. The zero-order chi connectivity index (χ0) is 19.5. The van der Waals surface area contributed by atoms with Gasteiger partial charge in [0.15, 0.2) is 0 Å². The smallest absolute Gasteiger partial charge is 0.255 e. The molecule has 0 aliphatic heterocycles. The minimum Gasteiger partial charge on any atom is -0.322 e. The molecule has 0 saturated carbocycles. The normalized spacial score (nSPS) is 11.6. The summed E-state index contributed by atoms with van der Waals surface area (Å²) in [4.78, 5) is 12.5. The molecule has 5 nitrogen and oxygen atoms in total. The van der Waals surface area contributed by atoms with Crippen molar-refractivity contribution < 1.29 is 13.2 Å². The monoisotopic (exact) mass is 414 g/mol. The Hall–Kier alpha value is -1.60. The molecule has 140 valence electrons. The van der Waals surface area contributed by atoms with Gasteiger partial charge in [-0.3, -0.25) is 4.79 Å². The number of nitrogens with one attached hydrogen (secondary N) is 1. The van der Waals surface area contributed by atoms with Crippen LogP contribution < -0.4 is 5.32 Å². The predicted octanol–water partition coefficient (Wildman–Crippen LogP) is 4.58. The molecule has 2 rings (SSSR count). The molecule has 0 aliphatic rings. The van der Waals surface area contributed by atoms with Crippen molar-refractivity contribution in [3.05, 3.63) is 57.6 Å². The van der Waals surface area contributed by atoms with Gasteiger partial charge in [-0.25, -0.2) is 8.42 Å². The Bertz CT molecular complexity index is 926. The molecule has 8 heteroatoms. The molecule has 2 aromatic rings. The van der Waals surface area contributed by atoms with Gasteiger partial charge in [-0.05, 0) is 42.8 Å². The summed E-state index contributed by atoms with van der Waals surface area (Å²) in [7, 11) is -3.78. The second-order valence-electron chi connectivity index (χ2n) is 5.65. The summed E-state index contributed by atoms with van der Waals surface area (Å²) >= 11 is 12.1. The maximum Gasteiger partial charge on any atom is 0.255 e. The second kappa shape index (κ2) is 8.39. The van der Waals surface area contributed by atoms with Crippen LogP contribution in [0.4, 0.5) is 5.69 Å². The molecule has 2 aromatic carbocycles. The molecule has 0 unspecified atom stereocenters. The highest BCUT2D eigenvalue weighted by molar-refractivity contribution is 7.89. The number of anilines is 1. The molecule has 0 aliphatic carbocycles. The number of hydrogen-bond donors (Lipinski definition) is 1. The summed E-state index contributed by atoms with van der Waals surface area (Å²) in [5.74, 6) is -0.442. The Balaban J connectivity index is 2.40. The topological polar surface area (TPSA) is 66.5 Å². The van der Waals surface area contributed by atoms with Gasteiger partial charge in [0.2, 0.25) is 10.0 Å². The number of halogens is 2. The lowest BCUT2D eigenvalue weighted by Crippen LogP contribution is -2.31. The number of hydrogen-bond acceptors (Lipinski definition) is 3. The van der Waals surface area contributed by atoms with Crippen LogP contribution >= 0.6 is 23.2 Å². The molecule has 0 spiro atoms. The summed E-state index contributed by atoms with van der Waals surface area (Å²) in [5, 5.41) is 3.32. The predicted molar refractivity (Wildman–Crippen MR) is 106 cm³/mol. The molecule has 0 atom stereocenters. The minimum atomic E-state index is -3.78. The van der Waals surface area contributed by atoms with Gasteiger partial charge < -0.3 is 5.32 Å². The Morgan fingerprint density at radius 2 is 1.73 bits per heavy atom. The largest absolute Gasteiger partial charge is 0.322 e. The van der Waals surface area contributed by atoms with Crippen LogP contribution in [0.5, 0.6) is 0 Å². The van der Waals surface area contributed by atoms with Crippen LogP contribution in [0.25, 0.3) is 0 Å². The van der Waals surface area contributed by atoms with E-state index in [0.717, 1.165) is 5.56 Å². The van der Waals surface area contributed by atoms with E-state index in [1.54, 1.807) is 32.0 Å². The Morgan fingerprint density at radius 1 is 1.08 bits per heavy atom. The zero-order valence-corrected chi connectivity index (χ0v) is 17.0. The van der Waals surface area contributed by atoms with Crippen molar-refractivity contribution in [2.45, 2.75) is 25.7 Å². The first-order valence-corrected chi connectivity index (χ1v) is 10.3. The number of amides is 1. The number of nitrogens with zero attached hydrogens (tertiary/aromatic N) is 1. The SMILES string of the molecule is CCN(CC)S(=O)(=O)c1cc(C(=O)Nc2cc(Cl)ccc2C)ccc1Cl. The minimum absolute atomic E-state index is 0.0763. The van der Waals surface area contributed by atoms with E-state index in [4.69, 9.17) is 23.2 Å². The van der Waals surface area contributed by atoms with Crippen LogP contribution in [0.2, 0.25) is 10.0 Å². The first-order valence-electron chi connectivity index (χ1n) is 8.07. The molecule has 0 bridgehead atoms. The van der Waals surface area contributed by atoms with Crippen molar-refractivity contribution in [1.29, 1.82) is 0 Å². The third-order valence-electron chi connectivity index (χ3n) is 3.96. The van der Waals surface area contributed by atoms with Gasteiger partial charge in [0, 0.05) is 29.4 Å². The average Bonchev–Trinajstić information content (AvgIpc) is 2.59. The van der Waals surface area contributed by atoms with E-state index in [2.05, 4.69) is 5.32 Å². The van der Waals surface area contributed by atoms with Crippen molar-refractivity contribution in [1.82, 2.24) is 4.31 Å². The van der Waals surface area contributed by atoms with Crippen molar-refractivity contribution in [2.24, 2.45) is 0 Å². The summed E-state index contributed by atoms with van der Waals surface area (Å²) in [5.41, 5.74) is 1.60. The number of rotatable bonds is 6. The fraction of sp³-hybridized carbons (Fsp3) is 0.278. The van der Waals surface area contributed by atoms with E-state index in [-0.39, 0.29) is 15.5 Å². The number of benzene rings is 2. The van der Waals surface area contributed by atoms with Crippen molar-refractivity contribution in [3.63, 3.8) is 0 Å². The second-order valence-corrected chi connectivity index (χ2v) is 8.40. The van der Waals surface area contributed by atoms with E-state index in [9.17, 15) is 13.2 Å². The van der Waals surface area contributed by atoms with Crippen LogP contribution in [0.1, 0.15) is 29.8 Å². The highest BCUT2D eigenvalue weighted by Gasteiger charge is 2.25. The van der Waals surface area contributed by atoms with Gasteiger partial charge in [0.05, 0.1) is 5.02 Å². The average molecular weight is 415 g/mol. The van der Waals surface area contributed by atoms with Gasteiger partial charge in [-0.2, -0.15) is 4.31 Å². The van der Waals surface area contributed by atoms with Gasteiger partial charge in [-0.1, -0.05) is 43.1 Å². The summed E-state index contributed by atoms with van der Waals surface area (Å²) < 4.78 is 26.8. The zero-order valence-electron chi connectivity index (χ0n) is 14.7. The molecule has 1 N–H and O–H groups in total. The molecule has 1 amide bonds. The Labute approximate surface area is 164 Å². The third kappa shape index (κ3) is 4.38. The molecular weight excluding hydrogens is 395 g/mol. The summed E-state index contributed by atoms with van der Waals surface area (Å²) in [6.45, 7) is 5.95. The highest BCUT2D eigenvalue weighted by atomic mass is 35.5. The van der Waals surface area contributed by atoms with E-state index in [0.29, 0.717) is 23.8 Å². The molecule has 0 heterocycles. The lowest BCUT2D eigenvalue weighted by molar-refractivity contribution is 0.102. The van der Waals surface area contributed by atoms with Crippen LogP contribution in [-0.2, 0) is 10.0 Å². The Morgan fingerprint density at radius 3 is 2.35 bits per heavy atom. The number of carbonyl (C=O) groups excluding carboxylic acids is 1. The summed E-state index contributed by atoms with van der Waals surface area (Å²) in [6.07, 6.45) is 0. The van der Waals surface area contributed by atoms with Crippen LogP contribution in [-0.4, -0.2) is 31.7 Å². The first kappa shape index (κ1) is 20.7. The maximum absolute atomic E-state index is 12.7. The molecule has 0 saturated heterocycles. The molecule has 0 aromatic heterocycles. The fourth-order valence-electron chi connectivity index (χ4n) is 2.47. The highest BCUT2D eigenvalue weighted by Crippen LogP contribution is 2.27. The lowest BCUT2D eigenvalue weighted by Gasteiger charge is -2.19. The lowest BCUT2D eigenvalue weighted by atomic mass is 10.1. The molecule has 0 radical (unpaired) electrons. The van der Waals surface area contributed by atoms with Crippen molar-refractivity contribution in [2.75, 3.05) is 18.4 Å². The Kier molecular flexibility index (Phi) is 6.69. The van der Waals surface area contributed by atoms with Crippen LogP contribution in [0, 0.1) is 6.92 Å². The van der Waals surface area contributed by atoms with Crippen LogP contribution in [0.15, 0.2) is 41.3 Å². The number of carbonyl (C=O) groups is 1. The maximum atomic E-state index is 12.7. The third-order valence-corrected chi connectivity index (χ3v) is 6.73. The number of aryl methyl sites for hydroxylation is 1.